The lowest BCUT2D eigenvalue weighted by Gasteiger charge is -2.16. The number of nitrogens with one attached hydrogen (secondary N) is 1. The molecule has 82 valence electrons. The number of anilines is 1. The number of nitrogens with zero attached hydrogens (tertiary/aromatic N) is 1. The summed E-state index contributed by atoms with van der Waals surface area (Å²) in [6, 6.07) is 4.25. The van der Waals surface area contributed by atoms with Gasteiger partial charge in [-0.15, -0.1) is 11.6 Å². The molecule has 1 aromatic rings. The quantitative estimate of drug-likeness (QED) is 0.785. The maximum atomic E-state index is 6.10. The summed E-state index contributed by atoms with van der Waals surface area (Å²) in [6.07, 6.45) is 0. The van der Waals surface area contributed by atoms with E-state index in [1.165, 1.54) is 0 Å². The Labute approximate surface area is 94.8 Å². The number of hydrogen-bond donors (Lipinski definition) is 1. The van der Waals surface area contributed by atoms with Gasteiger partial charge in [0.25, 0.3) is 0 Å². The van der Waals surface area contributed by atoms with E-state index in [4.69, 9.17) is 16.3 Å². The third kappa shape index (κ3) is 2.61. The fourth-order valence-electron chi connectivity index (χ4n) is 1.79. The summed E-state index contributed by atoms with van der Waals surface area (Å²) in [5.74, 6) is 0. The predicted octanol–water partition coefficient (Wildman–Crippen LogP) is 2.12. The smallest absolute Gasteiger partial charge is 0.0793 e. The minimum Gasteiger partial charge on any atom is -0.378 e. The van der Waals surface area contributed by atoms with Gasteiger partial charge in [0.1, 0.15) is 0 Å². The van der Waals surface area contributed by atoms with Crippen molar-refractivity contribution in [2.75, 3.05) is 18.5 Å². The van der Waals surface area contributed by atoms with E-state index < -0.39 is 0 Å². The van der Waals surface area contributed by atoms with E-state index in [0.717, 1.165) is 17.1 Å². The third-order valence-corrected chi connectivity index (χ3v) is 2.87. The van der Waals surface area contributed by atoms with Crippen LogP contribution in [-0.4, -0.2) is 29.6 Å². The summed E-state index contributed by atoms with van der Waals surface area (Å²) in [6.45, 7) is 5.28. The summed E-state index contributed by atoms with van der Waals surface area (Å²) in [7, 11) is 0. The highest BCUT2D eigenvalue weighted by atomic mass is 35.5. The van der Waals surface area contributed by atoms with E-state index in [9.17, 15) is 0 Å². The molecule has 1 fully saturated rings. The molecule has 1 N–H and O–H groups in total. The van der Waals surface area contributed by atoms with Crippen molar-refractivity contribution in [1.29, 1.82) is 0 Å². The molecule has 0 aliphatic carbocycles. The van der Waals surface area contributed by atoms with E-state index >= 15 is 0 Å². The highest BCUT2D eigenvalue weighted by molar-refractivity contribution is 6.21. The molecule has 2 rings (SSSR count). The predicted molar refractivity (Wildman–Crippen MR) is 61.6 cm³/mol. The van der Waals surface area contributed by atoms with E-state index in [-0.39, 0.29) is 11.4 Å². The van der Waals surface area contributed by atoms with Crippen LogP contribution in [-0.2, 0) is 4.74 Å². The zero-order chi connectivity index (χ0) is 10.8. The Morgan fingerprint density at radius 2 is 2.00 bits per heavy atom. The molecule has 0 saturated carbocycles. The van der Waals surface area contributed by atoms with Crippen LogP contribution in [0.5, 0.6) is 0 Å². The number of aromatic nitrogens is 1. The van der Waals surface area contributed by atoms with Crippen LogP contribution in [0.1, 0.15) is 11.4 Å². The van der Waals surface area contributed by atoms with Crippen LogP contribution in [0.4, 0.5) is 5.69 Å². The van der Waals surface area contributed by atoms with Gasteiger partial charge in [-0.25, -0.2) is 0 Å². The molecule has 15 heavy (non-hydrogen) atoms. The van der Waals surface area contributed by atoms with Crippen molar-refractivity contribution in [3.63, 3.8) is 0 Å². The van der Waals surface area contributed by atoms with Gasteiger partial charge >= 0.3 is 0 Å². The second-order valence-corrected chi connectivity index (χ2v) is 4.50. The standard InChI is InChI=1S/C11H15ClN2O/c1-7-3-9(4-8(2)13-7)14-11-6-15-5-10(11)12/h3-4,10-11H,5-6H2,1-2H3,(H,13,14). The molecule has 1 aliphatic heterocycles. The van der Waals surface area contributed by atoms with Crippen LogP contribution in [0.25, 0.3) is 0 Å². The largest absolute Gasteiger partial charge is 0.378 e. The fourth-order valence-corrected chi connectivity index (χ4v) is 2.02. The Kier molecular flexibility index (Phi) is 3.12. The molecule has 4 heteroatoms. The average Bonchev–Trinajstić information content (AvgIpc) is 2.50. The average molecular weight is 227 g/mol. The fraction of sp³-hybridized carbons (Fsp3) is 0.545. The van der Waals surface area contributed by atoms with Crippen LogP contribution in [0.3, 0.4) is 0 Å². The second kappa shape index (κ2) is 4.37. The number of halogens is 1. The van der Waals surface area contributed by atoms with E-state index in [2.05, 4.69) is 10.3 Å². The van der Waals surface area contributed by atoms with Gasteiger partial charge < -0.3 is 10.1 Å². The summed E-state index contributed by atoms with van der Waals surface area (Å²) in [5, 5.41) is 3.43. The molecule has 2 unspecified atom stereocenters. The van der Waals surface area contributed by atoms with Crippen LogP contribution in [0, 0.1) is 13.8 Å². The molecular weight excluding hydrogens is 212 g/mol. The van der Waals surface area contributed by atoms with Gasteiger partial charge in [-0.2, -0.15) is 0 Å². The molecule has 2 heterocycles. The summed E-state index contributed by atoms with van der Waals surface area (Å²) in [4.78, 5) is 4.32. The molecule has 2 atom stereocenters. The lowest BCUT2D eigenvalue weighted by Crippen LogP contribution is -2.28. The van der Waals surface area contributed by atoms with Gasteiger partial charge in [0.15, 0.2) is 0 Å². The second-order valence-electron chi connectivity index (χ2n) is 3.94. The van der Waals surface area contributed by atoms with Crippen molar-refractivity contribution in [1.82, 2.24) is 4.98 Å². The molecule has 0 aromatic carbocycles. The molecule has 0 bridgehead atoms. The van der Waals surface area contributed by atoms with Crippen LogP contribution in [0.15, 0.2) is 12.1 Å². The number of aryl methyl sites for hydroxylation is 2. The number of ether oxygens (including phenoxy) is 1. The highest BCUT2D eigenvalue weighted by Gasteiger charge is 2.25. The van der Waals surface area contributed by atoms with Crippen molar-refractivity contribution in [2.24, 2.45) is 0 Å². The Balaban J connectivity index is 2.10. The lowest BCUT2D eigenvalue weighted by molar-refractivity contribution is 0.196. The van der Waals surface area contributed by atoms with Gasteiger partial charge in [-0.3, -0.25) is 4.98 Å². The molecular formula is C11H15ClN2O. The number of pyridine rings is 1. The minimum absolute atomic E-state index is 0.0544. The molecule has 1 saturated heterocycles. The van der Waals surface area contributed by atoms with Crippen molar-refractivity contribution in [2.45, 2.75) is 25.3 Å². The van der Waals surface area contributed by atoms with Crippen molar-refractivity contribution in [3.05, 3.63) is 23.5 Å². The first-order valence-corrected chi connectivity index (χ1v) is 5.52. The Bertz CT molecular complexity index is 336. The van der Waals surface area contributed by atoms with Crippen LogP contribution >= 0.6 is 11.6 Å². The molecule has 0 amide bonds. The van der Waals surface area contributed by atoms with Crippen LogP contribution in [0.2, 0.25) is 0 Å². The first-order valence-electron chi connectivity index (χ1n) is 5.09. The van der Waals surface area contributed by atoms with Gasteiger partial charge in [0, 0.05) is 17.1 Å². The topological polar surface area (TPSA) is 34.1 Å². The maximum absolute atomic E-state index is 6.10. The zero-order valence-electron chi connectivity index (χ0n) is 8.96. The number of alkyl halides is 1. The van der Waals surface area contributed by atoms with Gasteiger partial charge in [-0.05, 0) is 26.0 Å². The van der Waals surface area contributed by atoms with E-state index in [1.807, 2.05) is 26.0 Å². The summed E-state index contributed by atoms with van der Waals surface area (Å²) in [5.41, 5.74) is 3.10. The maximum Gasteiger partial charge on any atom is 0.0793 e. The minimum atomic E-state index is 0.0544. The summed E-state index contributed by atoms with van der Waals surface area (Å²) >= 11 is 6.10. The van der Waals surface area contributed by atoms with Gasteiger partial charge in [0.05, 0.1) is 24.6 Å². The lowest BCUT2D eigenvalue weighted by atomic mass is 10.2. The van der Waals surface area contributed by atoms with E-state index in [1.54, 1.807) is 0 Å². The monoisotopic (exact) mass is 226 g/mol. The number of rotatable bonds is 2. The first-order chi connectivity index (χ1) is 7.15. The number of hydrogen-bond acceptors (Lipinski definition) is 3. The van der Waals surface area contributed by atoms with Gasteiger partial charge in [0.2, 0.25) is 0 Å². The van der Waals surface area contributed by atoms with Crippen LogP contribution < -0.4 is 5.32 Å². The van der Waals surface area contributed by atoms with Gasteiger partial charge in [-0.1, -0.05) is 0 Å². The summed E-state index contributed by atoms with van der Waals surface area (Å²) < 4.78 is 5.29. The molecule has 1 aliphatic rings. The Morgan fingerprint density at radius 1 is 1.33 bits per heavy atom. The third-order valence-electron chi connectivity index (χ3n) is 2.44. The zero-order valence-corrected chi connectivity index (χ0v) is 9.71. The van der Waals surface area contributed by atoms with E-state index in [0.29, 0.717) is 13.2 Å². The molecule has 0 spiro atoms. The van der Waals surface area contributed by atoms with Crippen molar-refractivity contribution in [3.8, 4) is 0 Å². The highest BCUT2D eigenvalue weighted by Crippen LogP contribution is 2.19. The molecule has 3 nitrogen and oxygen atoms in total. The SMILES string of the molecule is Cc1cc(NC2COCC2Cl)cc(C)n1. The Hall–Kier alpha value is -0.800. The van der Waals surface area contributed by atoms with Crippen molar-refractivity contribution < 1.29 is 4.74 Å². The first kappa shape index (κ1) is 10.7. The Morgan fingerprint density at radius 3 is 2.53 bits per heavy atom. The molecule has 1 aromatic heterocycles. The van der Waals surface area contributed by atoms with Crippen molar-refractivity contribution >= 4 is 17.3 Å². The molecule has 0 radical (unpaired) electrons. The normalized spacial score (nSPS) is 25.5.